The van der Waals surface area contributed by atoms with Crippen LogP contribution in [-0.2, 0) is 6.54 Å². The number of aliphatic hydroxyl groups is 2. The van der Waals surface area contributed by atoms with Crippen LogP contribution in [-0.4, -0.2) is 40.4 Å². The van der Waals surface area contributed by atoms with E-state index in [1.807, 2.05) is 42.5 Å². The van der Waals surface area contributed by atoms with Crippen molar-refractivity contribution in [1.82, 2.24) is 10.3 Å². The van der Waals surface area contributed by atoms with E-state index in [1.54, 1.807) is 24.4 Å². The Hall–Kier alpha value is -2.77. The Balaban J connectivity index is 1.66. The zero-order valence-electron chi connectivity index (χ0n) is 15.7. The minimum absolute atomic E-state index is 0.283. The molecule has 6 nitrogen and oxygen atoms in total. The first-order valence-corrected chi connectivity index (χ1v) is 9.56. The number of nitrogens with one attached hydrogen (secondary N) is 2. The summed E-state index contributed by atoms with van der Waals surface area (Å²) in [6, 6.07) is 18.5. The largest absolute Gasteiger partial charge is 0.394 e. The third kappa shape index (κ3) is 5.62. The molecule has 0 radical (unpaired) electrons. The number of benzene rings is 2. The number of rotatable bonds is 8. The lowest BCUT2D eigenvalue weighted by Crippen LogP contribution is -2.28. The summed E-state index contributed by atoms with van der Waals surface area (Å²) in [4.78, 5) is 16.9. The fourth-order valence-electron chi connectivity index (χ4n) is 2.78. The smallest absolute Gasteiger partial charge is 0.258 e. The molecule has 3 aromatic rings. The lowest BCUT2D eigenvalue weighted by molar-refractivity contribution is 0.0942. The van der Waals surface area contributed by atoms with E-state index in [0.717, 1.165) is 16.7 Å². The van der Waals surface area contributed by atoms with Crippen molar-refractivity contribution >= 4 is 23.3 Å². The highest BCUT2D eigenvalue weighted by Gasteiger charge is 2.15. The van der Waals surface area contributed by atoms with Gasteiger partial charge in [-0.3, -0.25) is 4.79 Å². The van der Waals surface area contributed by atoms with Crippen molar-refractivity contribution < 1.29 is 15.0 Å². The predicted molar refractivity (Wildman–Crippen MR) is 114 cm³/mol. The first-order chi connectivity index (χ1) is 14.1. The van der Waals surface area contributed by atoms with Crippen LogP contribution in [0.5, 0.6) is 0 Å². The fraction of sp³-hybridized carbons (Fsp3) is 0.182. The topological polar surface area (TPSA) is 94.5 Å². The average Bonchev–Trinajstić information content (AvgIpc) is 2.75. The van der Waals surface area contributed by atoms with Gasteiger partial charge >= 0.3 is 0 Å². The van der Waals surface area contributed by atoms with E-state index in [2.05, 4.69) is 15.6 Å². The molecule has 0 saturated heterocycles. The van der Waals surface area contributed by atoms with Crippen LogP contribution in [0.25, 0.3) is 11.1 Å². The molecule has 0 unspecified atom stereocenters. The molecular formula is C22H22ClN3O3. The molecule has 1 aromatic heterocycles. The maximum atomic E-state index is 12.7. The van der Waals surface area contributed by atoms with Gasteiger partial charge in [0.2, 0.25) is 0 Å². The Labute approximate surface area is 174 Å². The van der Waals surface area contributed by atoms with Gasteiger partial charge in [0.05, 0.1) is 23.3 Å². The molecule has 0 bridgehead atoms. The molecule has 0 aliphatic heterocycles. The van der Waals surface area contributed by atoms with Crippen molar-refractivity contribution in [2.75, 3.05) is 18.5 Å². The number of aliphatic hydroxyl groups excluding tert-OH is 2. The highest BCUT2D eigenvalue weighted by atomic mass is 35.5. The average molecular weight is 412 g/mol. The molecule has 1 atom stereocenters. The van der Waals surface area contributed by atoms with Crippen LogP contribution >= 0.6 is 11.6 Å². The summed E-state index contributed by atoms with van der Waals surface area (Å²) in [7, 11) is 0. The van der Waals surface area contributed by atoms with E-state index >= 15 is 0 Å². The Morgan fingerprint density at radius 2 is 1.86 bits per heavy atom. The second-order valence-electron chi connectivity index (χ2n) is 6.51. The number of aromatic nitrogens is 1. The zero-order chi connectivity index (χ0) is 20.6. The molecule has 0 aliphatic carbocycles. The monoisotopic (exact) mass is 411 g/mol. The minimum atomic E-state index is -0.794. The lowest BCUT2D eigenvalue weighted by atomic mass is 10.0. The molecule has 2 aromatic carbocycles. The number of anilines is 1. The number of hydrogen-bond donors (Lipinski definition) is 4. The van der Waals surface area contributed by atoms with E-state index in [0.29, 0.717) is 22.9 Å². The third-order valence-corrected chi connectivity index (χ3v) is 4.72. The van der Waals surface area contributed by atoms with Crippen LogP contribution in [0, 0.1) is 0 Å². The van der Waals surface area contributed by atoms with Gasteiger partial charge in [-0.05, 0) is 23.3 Å². The molecule has 0 fully saturated rings. The molecule has 1 amide bonds. The quantitative estimate of drug-likeness (QED) is 0.457. The molecular weight excluding hydrogens is 390 g/mol. The van der Waals surface area contributed by atoms with Gasteiger partial charge in [-0.1, -0.05) is 60.1 Å². The van der Waals surface area contributed by atoms with Gasteiger partial charge in [-0.2, -0.15) is 0 Å². The van der Waals surface area contributed by atoms with Crippen molar-refractivity contribution in [3.63, 3.8) is 0 Å². The molecule has 0 aliphatic rings. The van der Waals surface area contributed by atoms with Gasteiger partial charge in [-0.25, -0.2) is 4.98 Å². The summed E-state index contributed by atoms with van der Waals surface area (Å²) < 4.78 is 0. The first-order valence-electron chi connectivity index (χ1n) is 9.18. The predicted octanol–water partition coefficient (Wildman–Crippen LogP) is 3.10. The van der Waals surface area contributed by atoms with Crippen LogP contribution < -0.4 is 10.6 Å². The van der Waals surface area contributed by atoms with Crippen LogP contribution in [0.15, 0.2) is 66.9 Å². The molecule has 7 heteroatoms. The van der Waals surface area contributed by atoms with Crippen LogP contribution in [0.1, 0.15) is 15.9 Å². The van der Waals surface area contributed by atoms with Crippen LogP contribution in [0.2, 0.25) is 5.02 Å². The minimum Gasteiger partial charge on any atom is -0.394 e. The maximum Gasteiger partial charge on any atom is 0.258 e. The molecule has 0 saturated carbocycles. The Kier molecular flexibility index (Phi) is 7.32. The van der Waals surface area contributed by atoms with Gasteiger partial charge < -0.3 is 20.8 Å². The standard InChI is InChI=1S/C22H22ClN3O3/c23-21-18(16-5-2-1-3-6-16)7-4-8-19(21)22(29)26-20-10-9-15(12-25-20)11-24-13-17(28)14-27/h1-10,12,17,24,27-28H,11,13-14H2,(H,25,26,29)/t17-/m1/s1. The van der Waals surface area contributed by atoms with Crippen molar-refractivity contribution in [3.05, 3.63) is 83.0 Å². The summed E-state index contributed by atoms with van der Waals surface area (Å²) in [6.07, 6.45) is 0.841. The van der Waals surface area contributed by atoms with Crippen molar-refractivity contribution in [3.8, 4) is 11.1 Å². The van der Waals surface area contributed by atoms with Crippen LogP contribution in [0.3, 0.4) is 0 Å². The number of halogens is 1. The number of hydrogen-bond acceptors (Lipinski definition) is 5. The van der Waals surface area contributed by atoms with Gasteiger partial charge in [-0.15, -0.1) is 0 Å². The van der Waals surface area contributed by atoms with Crippen molar-refractivity contribution in [2.24, 2.45) is 0 Å². The number of pyridine rings is 1. The highest BCUT2D eigenvalue weighted by Crippen LogP contribution is 2.30. The number of amides is 1. The summed E-state index contributed by atoms with van der Waals surface area (Å²) in [6.45, 7) is 0.485. The summed E-state index contributed by atoms with van der Waals surface area (Å²) >= 11 is 6.50. The number of carbonyl (C=O) groups excluding carboxylic acids is 1. The van der Waals surface area contributed by atoms with Crippen molar-refractivity contribution in [1.29, 1.82) is 0 Å². The second-order valence-corrected chi connectivity index (χ2v) is 6.88. The van der Waals surface area contributed by atoms with Gasteiger partial charge in [0.15, 0.2) is 0 Å². The first kappa shape index (κ1) is 21.0. The highest BCUT2D eigenvalue weighted by molar-refractivity contribution is 6.37. The fourth-order valence-corrected chi connectivity index (χ4v) is 3.10. The van der Waals surface area contributed by atoms with E-state index in [-0.39, 0.29) is 19.1 Å². The van der Waals surface area contributed by atoms with E-state index < -0.39 is 6.10 Å². The summed E-state index contributed by atoms with van der Waals surface area (Å²) in [5, 5.41) is 24.3. The molecule has 150 valence electrons. The Morgan fingerprint density at radius 1 is 1.07 bits per heavy atom. The van der Waals surface area contributed by atoms with Gasteiger partial charge in [0.1, 0.15) is 5.82 Å². The van der Waals surface area contributed by atoms with E-state index in [1.165, 1.54) is 0 Å². The molecule has 1 heterocycles. The molecule has 3 rings (SSSR count). The molecule has 4 N–H and O–H groups in total. The Bertz CT molecular complexity index is 949. The van der Waals surface area contributed by atoms with E-state index in [9.17, 15) is 9.90 Å². The zero-order valence-corrected chi connectivity index (χ0v) is 16.4. The maximum absolute atomic E-state index is 12.7. The number of carbonyl (C=O) groups is 1. The SMILES string of the molecule is O=C(Nc1ccc(CNC[C@@H](O)CO)cn1)c1cccc(-c2ccccc2)c1Cl. The van der Waals surface area contributed by atoms with Crippen LogP contribution in [0.4, 0.5) is 5.82 Å². The summed E-state index contributed by atoms with van der Waals surface area (Å²) in [5.74, 6) is 0.0764. The second kappa shape index (κ2) is 10.1. The van der Waals surface area contributed by atoms with E-state index in [4.69, 9.17) is 16.7 Å². The van der Waals surface area contributed by atoms with Gasteiger partial charge in [0, 0.05) is 24.8 Å². The van der Waals surface area contributed by atoms with Gasteiger partial charge in [0.25, 0.3) is 5.91 Å². The third-order valence-electron chi connectivity index (χ3n) is 4.31. The normalized spacial score (nSPS) is 11.8. The van der Waals surface area contributed by atoms with Crippen molar-refractivity contribution in [2.45, 2.75) is 12.6 Å². The molecule has 29 heavy (non-hydrogen) atoms. The lowest BCUT2D eigenvalue weighted by Gasteiger charge is -2.11. The summed E-state index contributed by atoms with van der Waals surface area (Å²) in [5.41, 5.74) is 2.99. The Morgan fingerprint density at radius 3 is 2.55 bits per heavy atom. The molecule has 0 spiro atoms. The number of nitrogens with zero attached hydrogens (tertiary/aromatic N) is 1.